The third-order valence-electron chi connectivity index (χ3n) is 5.91. The number of Topliss-reactive ketones (excluding diaryl/α,β-unsaturated/α-hetero) is 1. The van der Waals surface area contributed by atoms with Gasteiger partial charge in [0.05, 0.1) is 6.61 Å². The van der Waals surface area contributed by atoms with E-state index in [0.29, 0.717) is 17.5 Å². The van der Waals surface area contributed by atoms with Crippen molar-refractivity contribution in [3.63, 3.8) is 0 Å². The highest BCUT2D eigenvalue weighted by molar-refractivity contribution is 6.04. The summed E-state index contributed by atoms with van der Waals surface area (Å²) in [6.07, 6.45) is -5.49. The smallest absolute Gasteiger partial charge is 0.160 e. The lowest BCUT2D eigenvalue weighted by molar-refractivity contribution is -0.231. The van der Waals surface area contributed by atoms with Gasteiger partial charge >= 0.3 is 0 Å². The van der Waals surface area contributed by atoms with Gasteiger partial charge in [0, 0.05) is 5.56 Å². The Labute approximate surface area is 180 Å². The van der Waals surface area contributed by atoms with Crippen LogP contribution in [0.25, 0.3) is 11.1 Å². The van der Waals surface area contributed by atoms with Crippen LogP contribution in [0.15, 0.2) is 60.7 Å². The van der Waals surface area contributed by atoms with Crippen molar-refractivity contribution in [1.29, 1.82) is 0 Å². The van der Waals surface area contributed by atoms with E-state index in [2.05, 4.69) is 0 Å². The highest BCUT2D eigenvalue weighted by Gasteiger charge is 2.43. The van der Waals surface area contributed by atoms with Crippen LogP contribution < -0.4 is 0 Å². The van der Waals surface area contributed by atoms with E-state index in [1.165, 1.54) is 0 Å². The van der Waals surface area contributed by atoms with Crippen molar-refractivity contribution in [3.8, 4) is 11.1 Å². The fraction of sp³-hybridized carbons (Fsp3) is 0.320. The molecule has 0 spiro atoms. The van der Waals surface area contributed by atoms with Crippen LogP contribution in [0, 0.1) is 0 Å². The zero-order valence-corrected chi connectivity index (χ0v) is 17.2. The van der Waals surface area contributed by atoms with E-state index in [0.717, 1.165) is 22.3 Å². The van der Waals surface area contributed by atoms with E-state index in [1.54, 1.807) is 13.0 Å². The van der Waals surface area contributed by atoms with Gasteiger partial charge in [-0.25, -0.2) is 0 Å². The van der Waals surface area contributed by atoms with Crippen LogP contribution >= 0.6 is 0 Å². The third-order valence-corrected chi connectivity index (χ3v) is 5.91. The average molecular weight is 422 g/mol. The molecule has 6 heteroatoms. The Kier molecular flexibility index (Phi) is 6.18. The molecular formula is C25H26O6. The van der Waals surface area contributed by atoms with E-state index in [-0.39, 0.29) is 5.78 Å². The zero-order chi connectivity index (χ0) is 22.1. The van der Waals surface area contributed by atoms with Crippen molar-refractivity contribution >= 4 is 5.78 Å². The van der Waals surface area contributed by atoms with Gasteiger partial charge in [0.25, 0.3) is 0 Å². The first kappa shape index (κ1) is 21.6. The molecule has 1 fully saturated rings. The fourth-order valence-corrected chi connectivity index (χ4v) is 4.38. The predicted octanol–water partition coefficient (Wildman–Crippen LogP) is 2.10. The molecular weight excluding hydrogens is 396 g/mol. The van der Waals surface area contributed by atoms with E-state index >= 15 is 0 Å². The van der Waals surface area contributed by atoms with Crippen molar-refractivity contribution in [1.82, 2.24) is 0 Å². The molecule has 5 atom stereocenters. The maximum atomic E-state index is 12.4. The van der Waals surface area contributed by atoms with Gasteiger partial charge in [0.1, 0.15) is 30.5 Å². The maximum absolute atomic E-state index is 12.4. The molecule has 3 aliphatic rings. The molecule has 6 nitrogen and oxygen atoms in total. The van der Waals surface area contributed by atoms with Gasteiger partial charge < -0.3 is 25.2 Å². The summed E-state index contributed by atoms with van der Waals surface area (Å²) in [5.74, 6) is 0.00119. The number of benzene rings is 1. The number of ether oxygens (including phenoxy) is 1. The van der Waals surface area contributed by atoms with Gasteiger partial charge in [-0.2, -0.15) is 0 Å². The van der Waals surface area contributed by atoms with Crippen LogP contribution in [0.3, 0.4) is 0 Å². The second kappa shape index (κ2) is 8.86. The molecule has 0 saturated carbocycles. The zero-order valence-electron chi connectivity index (χ0n) is 17.2. The number of rotatable bonds is 5. The van der Waals surface area contributed by atoms with E-state index < -0.39 is 37.1 Å². The summed E-state index contributed by atoms with van der Waals surface area (Å²) in [5.41, 5.74) is 5.06. The highest BCUT2D eigenvalue weighted by atomic mass is 16.5. The van der Waals surface area contributed by atoms with Crippen molar-refractivity contribution in [2.75, 3.05) is 6.61 Å². The summed E-state index contributed by atoms with van der Waals surface area (Å²) in [4.78, 5) is 12.4. The summed E-state index contributed by atoms with van der Waals surface area (Å²) < 4.78 is 5.68. The Morgan fingerprint density at radius 2 is 1.71 bits per heavy atom. The molecule has 0 bridgehead atoms. The Bertz CT molecular complexity index is 1050. The van der Waals surface area contributed by atoms with E-state index in [1.807, 2.05) is 54.6 Å². The molecule has 1 aromatic carbocycles. The van der Waals surface area contributed by atoms with Crippen LogP contribution in [0.5, 0.6) is 0 Å². The van der Waals surface area contributed by atoms with E-state index in [4.69, 9.17) is 4.74 Å². The summed E-state index contributed by atoms with van der Waals surface area (Å²) in [5, 5.41) is 40.0. The molecule has 1 saturated heterocycles. The molecule has 1 aromatic rings. The Hall–Kier alpha value is -2.61. The van der Waals surface area contributed by atoms with Crippen molar-refractivity contribution in [2.45, 2.75) is 43.9 Å². The fourth-order valence-electron chi connectivity index (χ4n) is 4.38. The molecule has 4 rings (SSSR count). The lowest BCUT2D eigenvalue weighted by Gasteiger charge is -2.40. The summed E-state index contributed by atoms with van der Waals surface area (Å²) >= 11 is 0. The topological polar surface area (TPSA) is 107 Å². The minimum Gasteiger partial charge on any atom is -0.394 e. The van der Waals surface area contributed by atoms with Gasteiger partial charge in [0.2, 0.25) is 0 Å². The lowest BCUT2D eigenvalue weighted by Crippen LogP contribution is -2.55. The molecule has 2 aliphatic carbocycles. The highest BCUT2D eigenvalue weighted by Crippen LogP contribution is 2.35. The number of aliphatic hydroxyl groups excluding tert-OH is 4. The number of hydrogen-bond acceptors (Lipinski definition) is 6. The predicted molar refractivity (Wildman–Crippen MR) is 115 cm³/mol. The average Bonchev–Trinajstić information content (AvgIpc) is 2.93. The SMILES string of the molecule is CC(=O)c1c(Cc2cccc([C@@H]3O[C@H](CO)[C@@H](O)[C@H](O)[C@@H]3O)c2)cc2cccccc1-2. The third kappa shape index (κ3) is 4.13. The van der Waals surface area contributed by atoms with Gasteiger partial charge in [-0.1, -0.05) is 60.7 Å². The molecule has 0 radical (unpaired) electrons. The second-order valence-electron chi connectivity index (χ2n) is 8.05. The van der Waals surface area contributed by atoms with Crippen LogP contribution in [-0.4, -0.2) is 57.2 Å². The summed E-state index contributed by atoms with van der Waals surface area (Å²) in [7, 11) is 0. The first-order chi connectivity index (χ1) is 14.9. The van der Waals surface area contributed by atoms with Crippen molar-refractivity contribution in [2.24, 2.45) is 0 Å². The number of hydrogen-bond donors (Lipinski definition) is 4. The standard InChI is InChI=1S/C25H26O6/c1-14(27)21-18(12-16-7-3-2-4-9-19(16)21)11-15-6-5-8-17(10-15)25-24(30)23(29)22(28)20(13-26)31-25/h2-10,12,20,22-26,28-30H,11,13H2,1H3/t20-,22-,23+,24+,25+/m1/s1. The Morgan fingerprint density at radius 1 is 0.935 bits per heavy atom. The normalized spacial score (nSPS) is 26.2. The number of carbonyl (C=O) groups excluding carboxylic acids is 1. The minimum absolute atomic E-state index is 0.00119. The summed E-state index contributed by atoms with van der Waals surface area (Å²) in [6, 6.07) is 19.1. The second-order valence-corrected chi connectivity index (χ2v) is 8.05. The Morgan fingerprint density at radius 3 is 2.45 bits per heavy atom. The van der Waals surface area contributed by atoms with Crippen molar-refractivity contribution < 1.29 is 30.0 Å². The molecule has 1 aliphatic heterocycles. The van der Waals surface area contributed by atoms with Gasteiger partial charge in [0.15, 0.2) is 5.78 Å². The maximum Gasteiger partial charge on any atom is 0.160 e. The monoisotopic (exact) mass is 422 g/mol. The molecule has 1 heterocycles. The molecule has 0 aromatic heterocycles. The van der Waals surface area contributed by atoms with Crippen LogP contribution in [0.1, 0.15) is 40.1 Å². The quantitative estimate of drug-likeness (QED) is 0.469. The number of ketones is 1. The molecule has 162 valence electrons. The molecule has 31 heavy (non-hydrogen) atoms. The Balaban J connectivity index is 1.67. The van der Waals surface area contributed by atoms with Crippen LogP contribution in [-0.2, 0) is 11.2 Å². The van der Waals surface area contributed by atoms with Crippen LogP contribution in [0.2, 0.25) is 0 Å². The minimum atomic E-state index is -1.43. The number of carbonyl (C=O) groups is 1. The summed E-state index contributed by atoms with van der Waals surface area (Å²) in [6.45, 7) is 1.09. The number of aliphatic hydroxyl groups is 4. The van der Waals surface area contributed by atoms with Crippen LogP contribution in [0.4, 0.5) is 0 Å². The molecule has 0 amide bonds. The number of fused-ring (bicyclic) bond motifs is 1. The lowest BCUT2D eigenvalue weighted by atomic mass is 9.90. The largest absolute Gasteiger partial charge is 0.394 e. The molecule has 4 N–H and O–H groups in total. The first-order valence-electron chi connectivity index (χ1n) is 10.3. The van der Waals surface area contributed by atoms with Gasteiger partial charge in [-0.3, -0.25) is 4.79 Å². The van der Waals surface area contributed by atoms with Gasteiger partial charge in [-0.15, -0.1) is 0 Å². The van der Waals surface area contributed by atoms with E-state index in [9.17, 15) is 25.2 Å². The van der Waals surface area contributed by atoms with Gasteiger partial charge in [-0.05, 0) is 41.2 Å². The van der Waals surface area contributed by atoms with Crippen molar-refractivity contribution in [3.05, 3.63) is 82.9 Å². The molecule has 0 unspecified atom stereocenters. The first-order valence-corrected chi connectivity index (χ1v) is 10.3.